The van der Waals surface area contributed by atoms with Gasteiger partial charge in [-0.2, -0.15) is 4.98 Å². The van der Waals surface area contributed by atoms with Crippen LogP contribution >= 0.6 is 11.8 Å². The average molecular weight is 339 g/mol. The molecule has 0 aromatic carbocycles. The van der Waals surface area contributed by atoms with Gasteiger partial charge in [0.1, 0.15) is 10.8 Å². The molecule has 3 aromatic rings. The van der Waals surface area contributed by atoms with E-state index in [-0.39, 0.29) is 5.69 Å². The van der Waals surface area contributed by atoms with Crippen LogP contribution < -0.4 is 5.69 Å². The van der Waals surface area contributed by atoms with Crippen molar-refractivity contribution in [2.75, 3.05) is 0 Å². The van der Waals surface area contributed by atoms with E-state index >= 15 is 0 Å². The topological polar surface area (TPSA) is 60.9 Å². The van der Waals surface area contributed by atoms with Crippen LogP contribution in [0.3, 0.4) is 0 Å². The first-order valence-electron chi connectivity index (χ1n) is 7.98. The van der Waals surface area contributed by atoms with Crippen LogP contribution in [0, 0.1) is 0 Å². The first kappa shape index (κ1) is 15.2. The van der Waals surface area contributed by atoms with E-state index in [1.54, 1.807) is 35.0 Å². The maximum Gasteiger partial charge on any atom is 0.349 e. The van der Waals surface area contributed by atoms with Crippen LogP contribution in [-0.2, 0) is 25.1 Å². The third-order valence-corrected chi connectivity index (χ3v) is 5.31. The van der Waals surface area contributed by atoms with Gasteiger partial charge in [-0.25, -0.2) is 4.79 Å². The fraction of sp³-hybridized carbons (Fsp3) is 0.278. The molecule has 0 amide bonds. The van der Waals surface area contributed by atoms with E-state index in [1.807, 2.05) is 24.3 Å². The number of rotatable bonds is 5. The molecule has 122 valence electrons. The van der Waals surface area contributed by atoms with E-state index in [9.17, 15) is 4.79 Å². The minimum atomic E-state index is -0.190. The Labute approximate surface area is 143 Å². The predicted molar refractivity (Wildman–Crippen MR) is 92.1 cm³/mol. The summed E-state index contributed by atoms with van der Waals surface area (Å²) in [6, 6.07) is 7.71. The lowest BCUT2D eigenvalue weighted by atomic mass is 10.2. The summed E-state index contributed by atoms with van der Waals surface area (Å²) in [5.74, 6) is 1.58. The molecule has 6 heteroatoms. The largest absolute Gasteiger partial charge is 0.467 e. The van der Waals surface area contributed by atoms with Crippen LogP contribution in [0.5, 0.6) is 0 Å². The molecular formula is C18H17N3O2S. The first-order chi connectivity index (χ1) is 11.8. The van der Waals surface area contributed by atoms with Crippen LogP contribution in [0.15, 0.2) is 57.2 Å². The molecule has 0 unspecified atom stereocenters. The minimum absolute atomic E-state index is 0.190. The Balaban J connectivity index is 1.63. The summed E-state index contributed by atoms with van der Waals surface area (Å²) in [6.07, 6.45) is 8.19. The highest BCUT2D eigenvalue weighted by atomic mass is 32.2. The molecule has 0 saturated heterocycles. The molecule has 3 aromatic heterocycles. The number of nitrogens with zero attached hydrogens (tertiary/aromatic N) is 3. The molecule has 4 rings (SSSR count). The third-order valence-electron chi connectivity index (χ3n) is 4.22. The summed E-state index contributed by atoms with van der Waals surface area (Å²) in [5.41, 5.74) is 3.33. The van der Waals surface area contributed by atoms with Crippen molar-refractivity contribution in [1.82, 2.24) is 14.5 Å². The van der Waals surface area contributed by atoms with E-state index in [1.165, 1.54) is 11.1 Å². The Morgan fingerprint density at radius 1 is 1.21 bits per heavy atom. The minimum Gasteiger partial charge on any atom is -0.467 e. The molecule has 3 heterocycles. The van der Waals surface area contributed by atoms with Crippen LogP contribution in [0.4, 0.5) is 0 Å². The Kier molecular flexibility index (Phi) is 4.21. The smallest absolute Gasteiger partial charge is 0.349 e. The van der Waals surface area contributed by atoms with Gasteiger partial charge in [0.15, 0.2) is 0 Å². The molecule has 0 N–H and O–H groups in total. The summed E-state index contributed by atoms with van der Waals surface area (Å²) < 4.78 is 7.15. The molecule has 0 saturated carbocycles. The summed E-state index contributed by atoms with van der Waals surface area (Å²) in [4.78, 5) is 20.9. The van der Waals surface area contributed by atoms with Crippen molar-refractivity contribution < 1.29 is 4.42 Å². The van der Waals surface area contributed by atoms with E-state index in [2.05, 4.69) is 9.97 Å². The molecule has 0 atom stereocenters. The second-order valence-electron chi connectivity index (χ2n) is 5.79. The summed E-state index contributed by atoms with van der Waals surface area (Å²) in [7, 11) is 0. The summed E-state index contributed by atoms with van der Waals surface area (Å²) in [5, 5.41) is 0.875. The Hall–Kier alpha value is -2.34. The number of furan rings is 1. The maximum atomic E-state index is 12.5. The van der Waals surface area contributed by atoms with Gasteiger partial charge in [0.2, 0.25) is 0 Å². The summed E-state index contributed by atoms with van der Waals surface area (Å²) in [6.45, 7) is 0.455. The van der Waals surface area contributed by atoms with Crippen molar-refractivity contribution in [3.63, 3.8) is 0 Å². The predicted octanol–water partition coefficient (Wildman–Crippen LogP) is 3.06. The zero-order chi connectivity index (χ0) is 16.4. The standard InChI is InChI=1S/C18H17N3O2S/c22-18-20-17(24-12-13-6-8-19-9-7-13)15-4-1-5-16(15)21(18)11-14-3-2-10-23-14/h2-3,6-10H,1,4-5,11-12H2. The van der Waals surface area contributed by atoms with E-state index in [0.29, 0.717) is 6.54 Å². The lowest BCUT2D eigenvalue weighted by Crippen LogP contribution is -2.27. The normalized spacial score (nSPS) is 13.2. The molecule has 24 heavy (non-hydrogen) atoms. The zero-order valence-corrected chi connectivity index (χ0v) is 14.0. The monoisotopic (exact) mass is 339 g/mol. The van der Waals surface area contributed by atoms with E-state index in [0.717, 1.165) is 41.5 Å². The van der Waals surface area contributed by atoms with Gasteiger partial charge in [-0.1, -0.05) is 0 Å². The highest BCUT2D eigenvalue weighted by Gasteiger charge is 2.22. The SMILES string of the molecule is O=c1nc(SCc2ccncc2)c2c(n1Cc1ccco1)CCC2. The Morgan fingerprint density at radius 2 is 2.08 bits per heavy atom. The fourth-order valence-corrected chi connectivity index (χ4v) is 4.09. The van der Waals surface area contributed by atoms with Crippen LogP contribution in [0.1, 0.15) is 29.0 Å². The number of fused-ring (bicyclic) bond motifs is 1. The van der Waals surface area contributed by atoms with Crippen LogP contribution in [0.25, 0.3) is 0 Å². The third kappa shape index (κ3) is 3.01. The van der Waals surface area contributed by atoms with Gasteiger partial charge in [-0.15, -0.1) is 11.8 Å². The molecule has 1 aliphatic rings. The van der Waals surface area contributed by atoms with E-state index in [4.69, 9.17) is 4.42 Å². The molecule has 0 bridgehead atoms. The first-order valence-corrected chi connectivity index (χ1v) is 8.96. The average Bonchev–Trinajstić information content (AvgIpc) is 3.28. The van der Waals surface area contributed by atoms with Gasteiger partial charge >= 0.3 is 5.69 Å². The zero-order valence-electron chi connectivity index (χ0n) is 13.1. The second-order valence-corrected chi connectivity index (χ2v) is 6.75. The molecule has 0 radical (unpaired) electrons. The van der Waals surface area contributed by atoms with Crippen molar-refractivity contribution >= 4 is 11.8 Å². The summed E-state index contributed by atoms with van der Waals surface area (Å²) >= 11 is 1.63. The molecular weight excluding hydrogens is 322 g/mol. The number of pyridine rings is 1. The van der Waals surface area contributed by atoms with E-state index < -0.39 is 0 Å². The van der Waals surface area contributed by atoms with Gasteiger partial charge in [0.25, 0.3) is 0 Å². The maximum absolute atomic E-state index is 12.5. The van der Waals surface area contributed by atoms with Crippen LogP contribution in [-0.4, -0.2) is 14.5 Å². The van der Waals surface area contributed by atoms with Crippen molar-refractivity contribution in [1.29, 1.82) is 0 Å². The Bertz CT molecular complexity index is 889. The molecule has 0 fully saturated rings. The molecule has 1 aliphatic carbocycles. The number of thioether (sulfide) groups is 1. The molecule has 5 nitrogen and oxygen atoms in total. The van der Waals surface area contributed by atoms with Gasteiger partial charge in [0, 0.05) is 29.4 Å². The number of hydrogen-bond donors (Lipinski definition) is 0. The van der Waals surface area contributed by atoms with Gasteiger partial charge in [-0.05, 0) is 49.1 Å². The van der Waals surface area contributed by atoms with Crippen molar-refractivity contribution in [3.05, 3.63) is 76.0 Å². The molecule has 0 aliphatic heterocycles. The highest BCUT2D eigenvalue weighted by molar-refractivity contribution is 7.98. The molecule has 0 spiro atoms. The highest BCUT2D eigenvalue weighted by Crippen LogP contribution is 2.31. The quantitative estimate of drug-likeness (QED) is 0.528. The van der Waals surface area contributed by atoms with Gasteiger partial charge in [-0.3, -0.25) is 9.55 Å². The lowest BCUT2D eigenvalue weighted by molar-refractivity contribution is 0.481. The van der Waals surface area contributed by atoms with Crippen molar-refractivity contribution in [2.45, 2.75) is 36.6 Å². The second kappa shape index (κ2) is 6.65. The van der Waals surface area contributed by atoms with Crippen molar-refractivity contribution in [3.8, 4) is 0 Å². The lowest BCUT2D eigenvalue weighted by Gasteiger charge is -2.13. The van der Waals surface area contributed by atoms with Crippen molar-refractivity contribution in [2.24, 2.45) is 0 Å². The van der Waals surface area contributed by atoms with Gasteiger partial charge < -0.3 is 4.42 Å². The van der Waals surface area contributed by atoms with Crippen LogP contribution in [0.2, 0.25) is 0 Å². The van der Waals surface area contributed by atoms with Gasteiger partial charge in [0.05, 0.1) is 12.8 Å². The fourth-order valence-electron chi connectivity index (χ4n) is 3.06. The number of aromatic nitrogens is 3. The number of hydrogen-bond acceptors (Lipinski definition) is 5. The Morgan fingerprint density at radius 3 is 2.88 bits per heavy atom.